The minimum atomic E-state index is 1.16. The van der Waals surface area contributed by atoms with Crippen LogP contribution in [0.15, 0.2) is 11.4 Å². The Balaban J connectivity index is 1.69. The molecule has 2 nitrogen and oxygen atoms in total. The third-order valence-corrected chi connectivity index (χ3v) is 4.36. The molecule has 2 heterocycles. The smallest absolute Gasteiger partial charge is 0.0107 e. The molecule has 0 bridgehead atoms. The fourth-order valence-corrected chi connectivity index (χ4v) is 3.20. The van der Waals surface area contributed by atoms with E-state index in [0.29, 0.717) is 0 Å². The van der Waals surface area contributed by atoms with Crippen LogP contribution in [0.1, 0.15) is 23.3 Å². The van der Waals surface area contributed by atoms with Gasteiger partial charge in [-0.1, -0.05) is 0 Å². The summed E-state index contributed by atoms with van der Waals surface area (Å²) >= 11 is 1.91. The first-order valence-corrected chi connectivity index (χ1v) is 7.20. The standard InChI is InChI=1S/C13H22N2S/c1-12-5-11-16-13(12)4-2-8-15-9-3-6-14-7-10-15/h5,11,14H,2-4,6-10H2,1H3. The normalized spacial score (nSPS) is 18.6. The molecule has 0 atom stereocenters. The molecule has 1 aromatic heterocycles. The van der Waals surface area contributed by atoms with E-state index < -0.39 is 0 Å². The Labute approximate surface area is 103 Å². The summed E-state index contributed by atoms with van der Waals surface area (Å²) in [6, 6.07) is 2.23. The van der Waals surface area contributed by atoms with E-state index in [-0.39, 0.29) is 0 Å². The second-order valence-electron chi connectivity index (χ2n) is 4.58. The molecule has 2 rings (SSSR count). The van der Waals surface area contributed by atoms with Gasteiger partial charge in [-0.15, -0.1) is 11.3 Å². The SMILES string of the molecule is Cc1ccsc1CCCN1CCCNCC1. The Hall–Kier alpha value is -0.380. The summed E-state index contributed by atoms with van der Waals surface area (Å²) in [6.45, 7) is 8.35. The van der Waals surface area contributed by atoms with Gasteiger partial charge in [0.05, 0.1) is 0 Å². The van der Waals surface area contributed by atoms with E-state index in [1.165, 1.54) is 51.0 Å². The third-order valence-electron chi connectivity index (χ3n) is 3.28. The van der Waals surface area contributed by atoms with Gasteiger partial charge in [0.25, 0.3) is 0 Å². The molecule has 0 aromatic carbocycles. The summed E-state index contributed by atoms with van der Waals surface area (Å²) in [6.07, 6.45) is 3.87. The first-order chi connectivity index (χ1) is 7.86. The lowest BCUT2D eigenvalue weighted by molar-refractivity contribution is 0.289. The quantitative estimate of drug-likeness (QED) is 0.866. The number of hydrogen-bond acceptors (Lipinski definition) is 3. The van der Waals surface area contributed by atoms with Crippen LogP contribution < -0.4 is 5.32 Å². The van der Waals surface area contributed by atoms with Crippen molar-refractivity contribution in [2.24, 2.45) is 0 Å². The number of rotatable bonds is 4. The molecule has 3 heteroatoms. The van der Waals surface area contributed by atoms with E-state index in [0.717, 1.165) is 6.54 Å². The average Bonchev–Trinajstić information content (AvgIpc) is 2.55. The molecule has 1 aliphatic rings. The minimum Gasteiger partial charge on any atom is -0.315 e. The molecule has 1 aliphatic heterocycles. The second kappa shape index (κ2) is 6.38. The van der Waals surface area contributed by atoms with E-state index in [4.69, 9.17) is 0 Å². The largest absolute Gasteiger partial charge is 0.315 e. The second-order valence-corrected chi connectivity index (χ2v) is 5.58. The summed E-state index contributed by atoms with van der Waals surface area (Å²) < 4.78 is 0. The van der Waals surface area contributed by atoms with Gasteiger partial charge in [-0.25, -0.2) is 0 Å². The van der Waals surface area contributed by atoms with Gasteiger partial charge < -0.3 is 10.2 Å². The van der Waals surface area contributed by atoms with Crippen molar-refractivity contribution in [1.82, 2.24) is 10.2 Å². The molecule has 16 heavy (non-hydrogen) atoms. The predicted molar refractivity (Wildman–Crippen MR) is 71.3 cm³/mol. The molecule has 1 saturated heterocycles. The zero-order chi connectivity index (χ0) is 11.2. The van der Waals surface area contributed by atoms with E-state index in [1.807, 2.05) is 11.3 Å². The van der Waals surface area contributed by atoms with Crippen molar-refractivity contribution in [1.29, 1.82) is 0 Å². The maximum atomic E-state index is 3.45. The Morgan fingerprint density at radius 1 is 1.38 bits per heavy atom. The Morgan fingerprint density at radius 2 is 2.31 bits per heavy atom. The summed E-state index contributed by atoms with van der Waals surface area (Å²) in [5, 5.41) is 5.66. The van der Waals surface area contributed by atoms with Gasteiger partial charge in [0.1, 0.15) is 0 Å². The van der Waals surface area contributed by atoms with Crippen molar-refractivity contribution < 1.29 is 0 Å². The van der Waals surface area contributed by atoms with Gasteiger partial charge in [0, 0.05) is 18.0 Å². The van der Waals surface area contributed by atoms with Crippen molar-refractivity contribution >= 4 is 11.3 Å². The van der Waals surface area contributed by atoms with Crippen molar-refractivity contribution in [3.8, 4) is 0 Å². The zero-order valence-corrected chi connectivity index (χ0v) is 11.0. The van der Waals surface area contributed by atoms with Crippen LogP contribution in [0.3, 0.4) is 0 Å². The first-order valence-electron chi connectivity index (χ1n) is 6.32. The molecule has 1 aromatic rings. The van der Waals surface area contributed by atoms with Gasteiger partial charge in [-0.05, 0) is 62.8 Å². The van der Waals surface area contributed by atoms with Crippen LogP contribution in [0.2, 0.25) is 0 Å². The molecule has 0 unspecified atom stereocenters. The summed E-state index contributed by atoms with van der Waals surface area (Å²) in [5.74, 6) is 0. The minimum absolute atomic E-state index is 1.16. The van der Waals surface area contributed by atoms with E-state index >= 15 is 0 Å². The molecule has 1 fully saturated rings. The monoisotopic (exact) mass is 238 g/mol. The van der Waals surface area contributed by atoms with Crippen LogP contribution >= 0.6 is 11.3 Å². The predicted octanol–water partition coefficient (Wildman–Crippen LogP) is 2.28. The van der Waals surface area contributed by atoms with Gasteiger partial charge in [-0.3, -0.25) is 0 Å². The molecule has 0 aliphatic carbocycles. The van der Waals surface area contributed by atoms with Crippen LogP contribution in [0.25, 0.3) is 0 Å². The van der Waals surface area contributed by atoms with Crippen molar-refractivity contribution in [2.75, 3.05) is 32.7 Å². The first kappa shape index (κ1) is 12.1. The van der Waals surface area contributed by atoms with Crippen molar-refractivity contribution in [3.63, 3.8) is 0 Å². The van der Waals surface area contributed by atoms with Crippen molar-refractivity contribution in [3.05, 3.63) is 21.9 Å². The van der Waals surface area contributed by atoms with Gasteiger partial charge >= 0.3 is 0 Å². The molecule has 0 amide bonds. The maximum Gasteiger partial charge on any atom is 0.0107 e. The van der Waals surface area contributed by atoms with Crippen LogP contribution in [0, 0.1) is 6.92 Å². The molecular weight excluding hydrogens is 216 g/mol. The topological polar surface area (TPSA) is 15.3 Å². The summed E-state index contributed by atoms with van der Waals surface area (Å²) in [5.41, 5.74) is 1.47. The zero-order valence-electron chi connectivity index (χ0n) is 10.2. The average molecular weight is 238 g/mol. The lowest BCUT2D eigenvalue weighted by atomic mass is 10.2. The Morgan fingerprint density at radius 3 is 3.12 bits per heavy atom. The number of thiophene rings is 1. The van der Waals surface area contributed by atoms with Crippen LogP contribution in [-0.2, 0) is 6.42 Å². The maximum absolute atomic E-state index is 3.45. The number of nitrogens with one attached hydrogen (secondary N) is 1. The highest BCUT2D eigenvalue weighted by atomic mass is 32.1. The summed E-state index contributed by atoms with van der Waals surface area (Å²) in [4.78, 5) is 4.18. The molecule has 0 spiro atoms. The Bertz CT molecular complexity index is 301. The highest BCUT2D eigenvalue weighted by Gasteiger charge is 2.08. The molecule has 0 saturated carbocycles. The molecule has 1 N–H and O–H groups in total. The number of nitrogens with zero attached hydrogens (tertiary/aromatic N) is 1. The lowest BCUT2D eigenvalue weighted by Crippen LogP contribution is -2.29. The number of aryl methyl sites for hydroxylation is 2. The van der Waals surface area contributed by atoms with Gasteiger partial charge in [0.2, 0.25) is 0 Å². The lowest BCUT2D eigenvalue weighted by Gasteiger charge is -2.18. The van der Waals surface area contributed by atoms with Crippen LogP contribution in [0.5, 0.6) is 0 Å². The van der Waals surface area contributed by atoms with Crippen LogP contribution in [-0.4, -0.2) is 37.6 Å². The van der Waals surface area contributed by atoms with E-state index in [9.17, 15) is 0 Å². The Kier molecular flexibility index (Phi) is 4.82. The molecular formula is C13H22N2S. The highest BCUT2D eigenvalue weighted by Crippen LogP contribution is 2.17. The molecule has 90 valence electrons. The van der Waals surface area contributed by atoms with Gasteiger partial charge in [0.15, 0.2) is 0 Å². The molecule has 0 radical (unpaired) electrons. The summed E-state index contributed by atoms with van der Waals surface area (Å²) in [7, 11) is 0. The fourth-order valence-electron chi connectivity index (χ4n) is 2.25. The van der Waals surface area contributed by atoms with Crippen LogP contribution in [0.4, 0.5) is 0 Å². The van der Waals surface area contributed by atoms with Gasteiger partial charge in [-0.2, -0.15) is 0 Å². The van der Waals surface area contributed by atoms with E-state index in [2.05, 4.69) is 28.6 Å². The highest BCUT2D eigenvalue weighted by molar-refractivity contribution is 7.10. The fraction of sp³-hybridized carbons (Fsp3) is 0.692. The van der Waals surface area contributed by atoms with Crippen molar-refractivity contribution in [2.45, 2.75) is 26.2 Å². The third kappa shape index (κ3) is 3.58. The number of hydrogen-bond donors (Lipinski definition) is 1. The van der Waals surface area contributed by atoms with E-state index in [1.54, 1.807) is 4.88 Å².